The third-order valence-corrected chi connectivity index (χ3v) is 3.40. The van der Waals surface area contributed by atoms with E-state index in [1.807, 2.05) is 0 Å². The van der Waals surface area contributed by atoms with Gasteiger partial charge in [0.15, 0.2) is 6.29 Å². The Labute approximate surface area is 101 Å². The normalized spacial score (nSPS) is 23.2. The van der Waals surface area contributed by atoms with Crippen LogP contribution in [0.15, 0.2) is 0 Å². The van der Waals surface area contributed by atoms with E-state index < -0.39 is 0 Å². The van der Waals surface area contributed by atoms with E-state index in [4.69, 9.17) is 9.47 Å². The molecule has 1 rings (SSSR count). The quantitative estimate of drug-likeness (QED) is 0.684. The Morgan fingerprint density at radius 1 is 1.12 bits per heavy atom. The first-order valence-corrected chi connectivity index (χ1v) is 6.80. The standard InChI is InChI=1S/C14H28O2/c1-5-7-12(6-2)8-9-13-15-10-14(3,4)11-16-13/h12-13H,5-11H2,1-4H3. The van der Waals surface area contributed by atoms with Crippen LogP contribution in [0.25, 0.3) is 0 Å². The summed E-state index contributed by atoms with van der Waals surface area (Å²) in [5.74, 6) is 0.854. The van der Waals surface area contributed by atoms with Crippen molar-refractivity contribution in [2.45, 2.75) is 66.1 Å². The van der Waals surface area contributed by atoms with Crippen LogP contribution >= 0.6 is 0 Å². The highest BCUT2D eigenvalue weighted by molar-refractivity contribution is 4.71. The predicted molar refractivity (Wildman–Crippen MR) is 67.4 cm³/mol. The van der Waals surface area contributed by atoms with Gasteiger partial charge in [-0.05, 0) is 18.8 Å². The minimum Gasteiger partial charge on any atom is -0.352 e. The highest BCUT2D eigenvalue weighted by Crippen LogP contribution is 2.26. The van der Waals surface area contributed by atoms with Crippen LogP contribution in [0.5, 0.6) is 0 Å². The maximum absolute atomic E-state index is 5.74. The van der Waals surface area contributed by atoms with Gasteiger partial charge in [0.05, 0.1) is 13.2 Å². The topological polar surface area (TPSA) is 18.5 Å². The first kappa shape index (κ1) is 14.0. The second-order valence-electron chi connectivity index (χ2n) is 5.86. The Bertz CT molecular complexity index is 179. The summed E-state index contributed by atoms with van der Waals surface area (Å²) in [6.45, 7) is 10.6. The van der Waals surface area contributed by atoms with Gasteiger partial charge in [0.1, 0.15) is 0 Å². The average Bonchev–Trinajstić information content (AvgIpc) is 2.26. The second-order valence-corrected chi connectivity index (χ2v) is 5.86. The van der Waals surface area contributed by atoms with Gasteiger partial charge in [-0.1, -0.05) is 47.0 Å². The third kappa shape index (κ3) is 4.84. The molecule has 0 aliphatic carbocycles. The highest BCUT2D eigenvalue weighted by Gasteiger charge is 2.28. The van der Waals surface area contributed by atoms with E-state index in [1.165, 1.54) is 25.7 Å². The van der Waals surface area contributed by atoms with Crippen molar-refractivity contribution < 1.29 is 9.47 Å². The molecule has 2 nitrogen and oxygen atoms in total. The Morgan fingerprint density at radius 3 is 2.25 bits per heavy atom. The van der Waals surface area contributed by atoms with Gasteiger partial charge in [-0.15, -0.1) is 0 Å². The summed E-state index contributed by atoms with van der Waals surface area (Å²) in [7, 11) is 0. The summed E-state index contributed by atoms with van der Waals surface area (Å²) >= 11 is 0. The van der Waals surface area contributed by atoms with Gasteiger partial charge >= 0.3 is 0 Å². The summed E-state index contributed by atoms with van der Waals surface area (Å²) in [5, 5.41) is 0. The number of ether oxygens (including phenoxy) is 2. The first-order valence-electron chi connectivity index (χ1n) is 6.80. The average molecular weight is 228 g/mol. The van der Waals surface area contributed by atoms with E-state index in [1.54, 1.807) is 0 Å². The highest BCUT2D eigenvalue weighted by atomic mass is 16.7. The molecule has 1 atom stereocenters. The Morgan fingerprint density at radius 2 is 1.75 bits per heavy atom. The molecule has 2 heteroatoms. The van der Waals surface area contributed by atoms with Crippen LogP contribution < -0.4 is 0 Å². The van der Waals surface area contributed by atoms with Crippen LogP contribution in [0.3, 0.4) is 0 Å². The molecule has 1 aliphatic rings. The summed E-state index contributed by atoms with van der Waals surface area (Å²) in [4.78, 5) is 0. The van der Waals surface area contributed by atoms with Crippen LogP contribution in [0.4, 0.5) is 0 Å². The zero-order valence-electron chi connectivity index (χ0n) is 11.4. The lowest BCUT2D eigenvalue weighted by atomic mass is 9.93. The Kier molecular flexibility index (Phi) is 5.77. The SMILES string of the molecule is CCCC(CC)CCC1OCC(C)(C)CO1. The molecule has 16 heavy (non-hydrogen) atoms. The van der Waals surface area contributed by atoms with Gasteiger partial charge in [0.25, 0.3) is 0 Å². The van der Waals surface area contributed by atoms with Crippen molar-refractivity contribution in [1.82, 2.24) is 0 Å². The van der Waals surface area contributed by atoms with Crippen molar-refractivity contribution in [3.63, 3.8) is 0 Å². The minimum absolute atomic E-state index is 0.0546. The van der Waals surface area contributed by atoms with Crippen molar-refractivity contribution in [2.24, 2.45) is 11.3 Å². The summed E-state index contributed by atoms with van der Waals surface area (Å²) < 4.78 is 11.5. The van der Waals surface area contributed by atoms with E-state index in [-0.39, 0.29) is 11.7 Å². The minimum atomic E-state index is 0.0546. The van der Waals surface area contributed by atoms with E-state index in [9.17, 15) is 0 Å². The van der Waals surface area contributed by atoms with Crippen molar-refractivity contribution >= 4 is 0 Å². The lowest BCUT2D eigenvalue weighted by molar-refractivity contribution is -0.224. The zero-order valence-corrected chi connectivity index (χ0v) is 11.4. The van der Waals surface area contributed by atoms with Crippen molar-refractivity contribution in [3.8, 4) is 0 Å². The molecule has 0 saturated carbocycles. The number of rotatable bonds is 6. The molecular formula is C14H28O2. The fourth-order valence-corrected chi connectivity index (χ4v) is 2.23. The fourth-order valence-electron chi connectivity index (χ4n) is 2.23. The molecule has 0 spiro atoms. The molecule has 1 aliphatic heterocycles. The lowest BCUT2D eigenvalue weighted by Gasteiger charge is -2.35. The van der Waals surface area contributed by atoms with Gasteiger partial charge < -0.3 is 9.47 Å². The number of hydrogen-bond donors (Lipinski definition) is 0. The van der Waals surface area contributed by atoms with E-state index in [0.29, 0.717) is 0 Å². The van der Waals surface area contributed by atoms with Crippen molar-refractivity contribution in [1.29, 1.82) is 0 Å². The number of hydrogen-bond acceptors (Lipinski definition) is 2. The largest absolute Gasteiger partial charge is 0.352 e. The molecule has 1 fully saturated rings. The van der Waals surface area contributed by atoms with Crippen LogP contribution in [0.1, 0.15) is 59.8 Å². The van der Waals surface area contributed by atoms with Gasteiger partial charge in [0.2, 0.25) is 0 Å². The summed E-state index contributed by atoms with van der Waals surface area (Å²) in [6.07, 6.45) is 6.28. The molecule has 0 radical (unpaired) electrons. The molecule has 96 valence electrons. The molecule has 0 N–H and O–H groups in total. The van der Waals surface area contributed by atoms with Crippen molar-refractivity contribution in [2.75, 3.05) is 13.2 Å². The van der Waals surface area contributed by atoms with Crippen LogP contribution in [-0.2, 0) is 9.47 Å². The molecule has 1 saturated heterocycles. The smallest absolute Gasteiger partial charge is 0.157 e. The van der Waals surface area contributed by atoms with E-state index >= 15 is 0 Å². The van der Waals surface area contributed by atoms with Crippen LogP contribution in [-0.4, -0.2) is 19.5 Å². The van der Waals surface area contributed by atoms with Gasteiger partial charge in [-0.2, -0.15) is 0 Å². The molecule has 0 amide bonds. The molecule has 0 aromatic rings. The third-order valence-electron chi connectivity index (χ3n) is 3.40. The van der Waals surface area contributed by atoms with Crippen molar-refractivity contribution in [3.05, 3.63) is 0 Å². The fraction of sp³-hybridized carbons (Fsp3) is 1.00. The molecule has 1 unspecified atom stereocenters. The van der Waals surface area contributed by atoms with Gasteiger partial charge in [-0.25, -0.2) is 0 Å². The van der Waals surface area contributed by atoms with Gasteiger partial charge in [-0.3, -0.25) is 0 Å². The lowest BCUT2D eigenvalue weighted by Crippen LogP contribution is -2.37. The maximum Gasteiger partial charge on any atom is 0.157 e. The zero-order chi connectivity index (χ0) is 12.0. The van der Waals surface area contributed by atoms with Crippen LogP contribution in [0, 0.1) is 11.3 Å². The monoisotopic (exact) mass is 228 g/mol. The molecular weight excluding hydrogens is 200 g/mol. The summed E-state index contributed by atoms with van der Waals surface area (Å²) in [6, 6.07) is 0. The van der Waals surface area contributed by atoms with E-state index in [0.717, 1.165) is 25.6 Å². The molecule has 0 bridgehead atoms. The first-order chi connectivity index (χ1) is 7.57. The van der Waals surface area contributed by atoms with Gasteiger partial charge in [0, 0.05) is 5.41 Å². The molecule has 0 aromatic heterocycles. The molecule has 1 heterocycles. The maximum atomic E-state index is 5.74. The van der Waals surface area contributed by atoms with E-state index in [2.05, 4.69) is 27.7 Å². The molecule has 0 aromatic carbocycles. The predicted octanol–water partition coefficient (Wildman–Crippen LogP) is 3.99. The second kappa shape index (κ2) is 6.61. The Balaban J connectivity index is 2.18. The summed E-state index contributed by atoms with van der Waals surface area (Å²) in [5.41, 5.74) is 0.198. The Hall–Kier alpha value is -0.0800. The van der Waals surface area contributed by atoms with Crippen LogP contribution in [0.2, 0.25) is 0 Å².